The zero-order valence-electron chi connectivity index (χ0n) is 17.4. The van der Waals surface area contributed by atoms with Crippen LogP contribution in [0.3, 0.4) is 0 Å². The molecule has 3 rings (SSSR count). The summed E-state index contributed by atoms with van der Waals surface area (Å²) in [6.45, 7) is 5.37. The summed E-state index contributed by atoms with van der Waals surface area (Å²) < 4.78 is 11.0. The van der Waals surface area contributed by atoms with E-state index in [-0.39, 0.29) is 11.6 Å². The van der Waals surface area contributed by atoms with Crippen LogP contribution in [0.15, 0.2) is 16.1 Å². The van der Waals surface area contributed by atoms with Crippen molar-refractivity contribution in [1.82, 2.24) is 24.8 Å². The molecule has 0 amide bonds. The minimum atomic E-state index is 0.282. The highest BCUT2D eigenvalue weighted by Gasteiger charge is 2.24. The first-order valence-electron chi connectivity index (χ1n) is 9.79. The molecule has 1 fully saturated rings. The molecule has 2 aromatic heterocycles. The number of unbranched alkanes of at least 4 members (excludes halogenated alkanes) is 1. The van der Waals surface area contributed by atoms with Crippen molar-refractivity contribution in [2.24, 2.45) is 5.73 Å². The van der Waals surface area contributed by atoms with Crippen molar-refractivity contribution in [2.75, 3.05) is 69.9 Å². The number of ether oxygens (including phenoxy) is 2. The van der Waals surface area contributed by atoms with Gasteiger partial charge in [0.05, 0.1) is 14.2 Å². The highest BCUT2D eigenvalue weighted by molar-refractivity contribution is 7.99. The fourth-order valence-electron chi connectivity index (χ4n) is 3.16. The fourth-order valence-corrected chi connectivity index (χ4v) is 4.07. The smallest absolute Gasteiger partial charge is 0.236 e. The summed E-state index contributed by atoms with van der Waals surface area (Å²) in [6, 6.07) is 1.49. The summed E-state index contributed by atoms with van der Waals surface area (Å²) in [5.74, 6) is 1.91. The average molecular weight is 436 g/mol. The van der Waals surface area contributed by atoms with Gasteiger partial charge in [0.15, 0.2) is 5.16 Å². The third-order valence-electron chi connectivity index (χ3n) is 4.70. The summed E-state index contributed by atoms with van der Waals surface area (Å²) in [6.07, 6.45) is 2.18. The minimum Gasteiger partial charge on any atom is -0.480 e. The van der Waals surface area contributed by atoms with Gasteiger partial charge in [-0.05, 0) is 37.7 Å². The normalized spacial score (nSPS) is 14.7. The Morgan fingerprint density at radius 3 is 2.07 bits per heavy atom. The van der Waals surface area contributed by atoms with Crippen molar-refractivity contribution in [2.45, 2.75) is 22.9 Å². The zero-order chi connectivity index (χ0) is 21.5. The lowest BCUT2D eigenvalue weighted by Crippen LogP contribution is -2.47. The molecule has 0 aromatic carbocycles. The number of nitrogens with two attached hydrogens (primary N) is 3. The van der Waals surface area contributed by atoms with Crippen LogP contribution in [0.25, 0.3) is 0 Å². The van der Waals surface area contributed by atoms with Gasteiger partial charge < -0.3 is 31.6 Å². The molecule has 0 spiro atoms. The summed E-state index contributed by atoms with van der Waals surface area (Å²) in [7, 11) is 3.11. The number of rotatable bonds is 9. The van der Waals surface area contributed by atoms with Crippen LogP contribution < -0.4 is 31.6 Å². The Balaban J connectivity index is 1.76. The van der Waals surface area contributed by atoms with E-state index >= 15 is 0 Å². The van der Waals surface area contributed by atoms with Gasteiger partial charge in [-0.3, -0.25) is 4.90 Å². The molecule has 1 aliphatic heterocycles. The molecular formula is C18H29N9O2S. The van der Waals surface area contributed by atoms with Gasteiger partial charge in [0.2, 0.25) is 17.7 Å². The number of hydrogen-bond acceptors (Lipinski definition) is 12. The van der Waals surface area contributed by atoms with E-state index in [1.807, 2.05) is 0 Å². The van der Waals surface area contributed by atoms with E-state index in [1.54, 1.807) is 14.2 Å². The molecule has 0 saturated carbocycles. The van der Waals surface area contributed by atoms with Crippen LogP contribution in [0.1, 0.15) is 12.8 Å². The Labute approximate surface area is 180 Å². The summed E-state index contributed by atoms with van der Waals surface area (Å²) >= 11 is 1.19. The van der Waals surface area contributed by atoms with Crippen molar-refractivity contribution >= 4 is 29.3 Å². The Bertz CT molecular complexity index is 801. The molecule has 0 bridgehead atoms. The number of nitrogen functional groups attached to an aromatic ring is 2. The van der Waals surface area contributed by atoms with Crippen LogP contribution >= 0.6 is 11.8 Å². The first kappa shape index (κ1) is 22.1. The van der Waals surface area contributed by atoms with E-state index < -0.39 is 0 Å². The molecule has 30 heavy (non-hydrogen) atoms. The molecule has 12 heteroatoms. The van der Waals surface area contributed by atoms with Gasteiger partial charge in [0.25, 0.3) is 0 Å². The second-order valence-corrected chi connectivity index (χ2v) is 7.78. The number of nitrogens with zero attached hydrogens (tertiary/aromatic N) is 6. The molecule has 11 nitrogen and oxygen atoms in total. The molecule has 2 aromatic rings. The van der Waals surface area contributed by atoms with Crippen LogP contribution in [0.4, 0.5) is 17.6 Å². The Morgan fingerprint density at radius 2 is 1.53 bits per heavy atom. The Kier molecular flexibility index (Phi) is 7.71. The van der Waals surface area contributed by atoms with Gasteiger partial charge in [0.1, 0.15) is 16.5 Å². The second-order valence-electron chi connectivity index (χ2n) is 6.80. The Hall–Kier alpha value is -2.57. The molecule has 0 radical (unpaired) electrons. The predicted molar refractivity (Wildman–Crippen MR) is 117 cm³/mol. The lowest BCUT2D eigenvalue weighted by molar-refractivity contribution is 0.251. The number of hydrogen-bond donors (Lipinski definition) is 3. The maximum Gasteiger partial charge on any atom is 0.236 e. The van der Waals surface area contributed by atoms with Gasteiger partial charge >= 0.3 is 0 Å². The van der Waals surface area contributed by atoms with Crippen molar-refractivity contribution in [1.29, 1.82) is 0 Å². The first-order chi connectivity index (χ1) is 14.5. The summed E-state index contributed by atoms with van der Waals surface area (Å²) in [5, 5.41) is 0.367. The monoisotopic (exact) mass is 435 g/mol. The number of anilines is 3. The van der Waals surface area contributed by atoms with E-state index in [1.165, 1.54) is 17.8 Å². The molecule has 0 atom stereocenters. The predicted octanol–water partition coefficient (Wildman–Crippen LogP) is 0.460. The van der Waals surface area contributed by atoms with E-state index in [2.05, 4.69) is 29.7 Å². The van der Waals surface area contributed by atoms with Crippen LogP contribution in [-0.4, -0.2) is 78.3 Å². The highest BCUT2D eigenvalue weighted by atomic mass is 32.2. The number of aromatic nitrogens is 4. The Morgan fingerprint density at radius 1 is 0.933 bits per heavy atom. The van der Waals surface area contributed by atoms with Crippen LogP contribution in [0, 0.1) is 0 Å². The SMILES string of the molecule is COc1nc(N2CCN(CCCCN)CC2)nc(OC)c1Sc1nc(N)cc(N)n1. The van der Waals surface area contributed by atoms with E-state index in [0.29, 0.717) is 27.8 Å². The quantitative estimate of drug-likeness (QED) is 0.370. The van der Waals surface area contributed by atoms with E-state index in [4.69, 9.17) is 26.7 Å². The molecule has 6 N–H and O–H groups in total. The summed E-state index contributed by atoms with van der Waals surface area (Å²) in [5.41, 5.74) is 17.1. The average Bonchev–Trinajstić information content (AvgIpc) is 2.74. The molecule has 164 valence electrons. The second kappa shape index (κ2) is 10.5. The lowest BCUT2D eigenvalue weighted by atomic mass is 10.2. The molecular weight excluding hydrogens is 406 g/mol. The van der Waals surface area contributed by atoms with Gasteiger partial charge in [0, 0.05) is 32.2 Å². The fraction of sp³-hybridized carbons (Fsp3) is 0.556. The molecule has 0 unspecified atom stereocenters. The third kappa shape index (κ3) is 5.52. The van der Waals surface area contributed by atoms with E-state index in [0.717, 1.165) is 52.1 Å². The molecule has 1 saturated heterocycles. The van der Waals surface area contributed by atoms with Crippen LogP contribution in [0.5, 0.6) is 11.8 Å². The number of piperazine rings is 1. The zero-order valence-corrected chi connectivity index (χ0v) is 18.2. The molecule has 1 aliphatic rings. The molecule has 3 heterocycles. The topological polar surface area (TPSA) is 155 Å². The van der Waals surface area contributed by atoms with Gasteiger partial charge in [-0.1, -0.05) is 0 Å². The van der Waals surface area contributed by atoms with Gasteiger partial charge in [-0.25, -0.2) is 9.97 Å². The van der Waals surface area contributed by atoms with Gasteiger partial charge in [-0.2, -0.15) is 9.97 Å². The lowest BCUT2D eigenvalue weighted by Gasteiger charge is -2.34. The molecule has 0 aliphatic carbocycles. The largest absolute Gasteiger partial charge is 0.480 e. The summed E-state index contributed by atoms with van der Waals surface area (Å²) in [4.78, 5) is 22.7. The van der Waals surface area contributed by atoms with Gasteiger partial charge in [-0.15, -0.1) is 0 Å². The standard InChI is InChI=1S/C18H29N9O2S/c1-28-15-14(30-18-22-12(20)11-13(21)23-18)16(29-2)25-17(24-15)27-9-7-26(8-10-27)6-4-3-5-19/h11H,3-10,19H2,1-2H3,(H4,20,21,22,23). The van der Waals surface area contributed by atoms with Crippen molar-refractivity contribution in [3.63, 3.8) is 0 Å². The third-order valence-corrected chi connectivity index (χ3v) is 5.62. The van der Waals surface area contributed by atoms with Crippen molar-refractivity contribution in [3.05, 3.63) is 6.07 Å². The maximum absolute atomic E-state index is 5.77. The van der Waals surface area contributed by atoms with Crippen molar-refractivity contribution in [3.8, 4) is 11.8 Å². The minimum absolute atomic E-state index is 0.282. The first-order valence-corrected chi connectivity index (χ1v) is 10.6. The highest BCUT2D eigenvalue weighted by Crippen LogP contribution is 2.40. The van der Waals surface area contributed by atoms with Crippen LogP contribution in [0.2, 0.25) is 0 Å². The van der Waals surface area contributed by atoms with Crippen LogP contribution in [-0.2, 0) is 0 Å². The maximum atomic E-state index is 5.77. The number of methoxy groups -OCH3 is 2. The van der Waals surface area contributed by atoms with Crippen molar-refractivity contribution < 1.29 is 9.47 Å². The van der Waals surface area contributed by atoms with E-state index in [9.17, 15) is 0 Å².